The van der Waals surface area contributed by atoms with Gasteiger partial charge in [0.05, 0.1) is 18.1 Å². The number of hydrogen-bond acceptors (Lipinski definition) is 3. The van der Waals surface area contributed by atoms with Crippen molar-refractivity contribution in [1.29, 1.82) is 0 Å². The minimum atomic E-state index is -0.817. The molecule has 2 fully saturated rings. The molecular formula is C25H34N4O3. The van der Waals surface area contributed by atoms with Gasteiger partial charge in [0, 0.05) is 42.3 Å². The highest BCUT2D eigenvalue weighted by molar-refractivity contribution is 5.88. The lowest BCUT2D eigenvalue weighted by Crippen LogP contribution is -2.61. The second-order valence-corrected chi connectivity index (χ2v) is 9.83. The van der Waals surface area contributed by atoms with Gasteiger partial charge in [0.15, 0.2) is 0 Å². The Bertz CT molecular complexity index is 1010. The number of aromatic nitrogens is 1. The molecule has 7 heteroatoms. The first-order chi connectivity index (χ1) is 15.5. The van der Waals surface area contributed by atoms with Crippen LogP contribution in [0.5, 0.6) is 0 Å². The molecule has 3 amide bonds. The summed E-state index contributed by atoms with van der Waals surface area (Å²) in [6.07, 6.45) is 6.15. The van der Waals surface area contributed by atoms with E-state index in [9.17, 15) is 14.7 Å². The molecule has 32 heavy (non-hydrogen) atoms. The summed E-state index contributed by atoms with van der Waals surface area (Å²) in [6.45, 7) is 2.31. The van der Waals surface area contributed by atoms with E-state index in [1.54, 1.807) is 18.9 Å². The van der Waals surface area contributed by atoms with Crippen molar-refractivity contribution in [2.24, 2.45) is 5.92 Å². The monoisotopic (exact) mass is 438 g/mol. The molecule has 0 bridgehead atoms. The fourth-order valence-corrected chi connectivity index (χ4v) is 6.16. The molecule has 7 nitrogen and oxygen atoms in total. The molecule has 3 N–H and O–H groups in total. The zero-order valence-corrected chi connectivity index (χ0v) is 19.0. The second-order valence-electron chi connectivity index (χ2n) is 9.83. The van der Waals surface area contributed by atoms with Crippen LogP contribution in [0, 0.1) is 5.92 Å². The fraction of sp³-hybridized carbons (Fsp3) is 0.600. The Labute approximate surface area is 189 Å². The third-order valence-electron chi connectivity index (χ3n) is 7.88. The van der Waals surface area contributed by atoms with Gasteiger partial charge in [-0.25, -0.2) is 4.79 Å². The summed E-state index contributed by atoms with van der Waals surface area (Å²) in [5.74, 6) is -0.665. The molecule has 5 rings (SSSR count). The minimum absolute atomic E-state index is 0.0529. The van der Waals surface area contributed by atoms with E-state index < -0.39 is 12.0 Å². The van der Waals surface area contributed by atoms with Gasteiger partial charge in [-0.05, 0) is 44.2 Å². The first-order valence-electron chi connectivity index (χ1n) is 12.1. The summed E-state index contributed by atoms with van der Waals surface area (Å²) in [5, 5.41) is 14.9. The van der Waals surface area contributed by atoms with Gasteiger partial charge in [-0.2, -0.15) is 0 Å². The smallest absolute Gasteiger partial charge is 0.317 e. The van der Waals surface area contributed by atoms with Crippen LogP contribution in [-0.4, -0.2) is 63.6 Å². The molecule has 172 valence electrons. The van der Waals surface area contributed by atoms with Crippen LogP contribution in [0.2, 0.25) is 0 Å². The van der Waals surface area contributed by atoms with E-state index in [2.05, 4.69) is 22.4 Å². The normalized spacial score (nSPS) is 27.0. The molecule has 1 aromatic carbocycles. The Kier molecular flexibility index (Phi) is 5.61. The lowest BCUT2D eigenvalue weighted by Gasteiger charge is -2.49. The molecule has 1 aromatic heterocycles. The Morgan fingerprint density at radius 3 is 2.75 bits per heavy atom. The number of para-hydroxylation sites is 1. The summed E-state index contributed by atoms with van der Waals surface area (Å²) in [7, 11) is 1.77. The number of aliphatic hydroxyl groups excluding tert-OH is 1. The van der Waals surface area contributed by atoms with E-state index in [1.807, 2.05) is 17.0 Å². The lowest BCUT2D eigenvalue weighted by atomic mass is 9.79. The molecule has 2 aliphatic heterocycles. The van der Waals surface area contributed by atoms with Gasteiger partial charge in [-0.15, -0.1) is 0 Å². The number of rotatable bonds is 3. The van der Waals surface area contributed by atoms with Crippen molar-refractivity contribution >= 4 is 22.8 Å². The second kappa shape index (κ2) is 8.43. The lowest BCUT2D eigenvalue weighted by molar-refractivity contribution is -0.151. The highest BCUT2D eigenvalue weighted by Crippen LogP contribution is 2.43. The van der Waals surface area contributed by atoms with Crippen LogP contribution in [0.15, 0.2) is 24.3 Å². The fourth-order valence-electron chi connectivity index (χ4n) is 6.16. The largest absolute Gasteiger partial charge is 0.393 e. The van der Waals surface area contributed by atoms with Crippen molar-refractivity contribution in [1.82, 2.24) is 20.1 Å². The molecule has 2 aromatic rings. The molecule has 1 saturated heterocycles. The number of nitrogens with one attached hydrogen (secondary N) is 2. The molecule has 1 aliphatic carbocycles. The summed E-state index contributed by atoms with van der Waals surface area (Å²) in [6, 6.07) is 7.87. The number of carbonyl (C=O) groups excluding carboxylic acids is 2. The standard InChI is InChI=1S/C25H34N4O3/c1-15(30)22-20(28(2)25(32)26-16-8-4-3-5-9-16)14-21-23-18(12-13-29(21)24(22)31)17-10-6-7-11-19(17)27-23/h6-7,10-11,15-16,20-22,27,30H,3-5,8-9,12-14H2,1-2H3,(H,26,32)/t15-,20-,21-,22-/m0/s1. The first kappa shape index (κ1) is 21.3. The zero-order valence-electron chi connectivity index (χ0n) is 19.0. The average molecular weight is 439 g/mol. The molecule has 3 heterocycles. The first-order valence-corrected chi connectivity index (χ1v) is 12.1. The van der Waals surface area contributed by atoms with Crippen LogP contribution in [0.4, 0.5) is 4.79 Å². The molecule has 4 atom stereocenters. The number of nitrogens with zero attached hydrogens (tertiary/aromatic N) is 2. The maximum absolute atomic E-state index is 13.5. The highest BCUT2D eigenvalue weighted by Gasteiger charge is 2.49. The van der Waals surface area contributed by atoms with Crippen molar-refractivity contribution < 1.29 is 14.7 Å². The van der Waals surface area contributed by atoms with E-state index in [0.717, 1.165) is 43.3 Å². The van der Waals surface area contributed by atoms with E-state index in [4.69, 9.17) is 0 Å². The number of aromatic amines is 1. The van der Waals surface area contributed by atoms with E-state index in [-0.39, 0.29) is 30.1 Å². The molecule has 3 aliphatic rings. The number of carbonyl (C=O) groups is 2. The Morgan fingerprint density at radius 1 is 1.25 bits per heavy atom. The zero-order chi connectivity index (χ0) is 22.4. The van der Waals surface area contributed by atoms with Gasteiger partial charge in [0.25, 0.3) is 0 Å². The third-order valence-corrected chi connectivity index (χ3v) is 7.88. The predicted octanol–water partition coefficient (Wildman–Crippen LogP) is 3.34. The number of piperidine rings is 1. The van der Waals surface area contributed by atoms with Crippen LogP contribution in [0.25, 0.3) is 10.9 Å². The number of fused-ring (bicyclic) bond motifs is 5. The van der Waals surface area contributed by atoms with Crippen molar-refractivity contribution in [3.05, 3.63) is 35.5 Å². The number of hydrogen-bond donors (Lipinski definition) is 3. The van der Waals surface area contributed by atoms with E-state index in [0.29, 0.717) is 13.0 Å². The van der Waals surface area contributed by atoms with Crippen molar-refractivity contribution in [3.8, 4) is 0 Å². The predicted molar refractivity (Wildman–Crippen MR) is 123 cm³/mol. The Balaban J connectivity index is 1.44. The molecular weight excluding hydrogens is 404 g/mol. The molecule has 0 unspecified atom stereocenters. The van der Waals surface area contributed by atoms with Crippen LogP contribution in [-0.2, 0) is 11.2 Å². The van der Waals surface area contributed by atoms with Gasteiger partial charge in [-0.3, -0.25) is 4.79 Å². The Morgan fingerprint density at radius 2 is 2.00 bits per heavy atom. The van der Waals surface area contributed by atoms with E-state index >= 15 is 0 Å². The highest BCUT2D eigenvalue weighted by atomic mass is 16.3. The topological polar surface area (TPSA) is 88.7 Å². The van der Waals surface area contributed by atoms with Crippen LogP contribution >= 0.6 is 0 Å². The summed E-state index contributed by atoms with van der Waals surface area (Å²) in [4.78, 5) is 33.8. The van der Waals surface area contributed by atoms with Gasteiger partial charge in [0.1, 0.15) is 0 Å². The summed E-state index contributed by atoms with van der Waals surface area (Å²) >= 11 is 0. The number of H-pyrrole nitrogens is 1. The number of aliphatic hydroxyl groups is 1. The third kappa shape index (κ3) is 3.56. The number of amides is 3. The van der Waals surface area contributed by atoms with Crippen LogP contribution in [0.1, 0.15) is 62.7 Å². The van der Waals surface area contributed by atoms with Crippen molar-refractivity contribution in [2.75, 3.05) is 13.6 Å². The van der Waals surface area contributed by atoms with Crippen LogP contribution < -0.4 is 5.32 Å². The van der Waals surface area contributed by atoms with Crippen molar-refractivity contribution in [2.45, 2.75) is 76.1 Å². The number of benzene rings is 1. The average Bonchev–Trinajstić information content (AvgIpc) is 3.18. The van der Waals surface area contributed by atoms with Gasteiger partial charge in [-0.1, -0.05) is 37.5 Å². The summed E-state index contributed by atoms with van der Waals surface area (Å²) in [5.41, 5.74) is 3.45. The number of urea groups is 1. The van der Waals surface area contributed by atoms with Gasteiger partial charge < -0.3 is 25.2 Å². The molecule has 0 radical (unpaired) electrons. The van der Waals surface area contributed by atoms with Crippen molar-refractivity contribution in [3.63, 3.8) is 0 Å². The maximum Gasteiger partial charge on any atom is 0.317 e. The van der Waals surface area contributed by atoms with Gasteiger partial charge in [0.2, 0.25) is 5.91 Å². The van der Waals surface area contributed by atoms with Gasteiger partial charge >= 0.3 is 6.03 Å². The molecule has 1 saturated carbocycles. The van der Waals surface area contributed by atoms with E-state index in [1.165, 1.54) is 17.4 Å². The van der Waals surface area contributed by atoms with Crippen LogP contribution in [0.3, 0.4) is 0 Å². The SMILES string of the molecule is C[C@H](O)[C@@H]1C(=O)N2CCc3c([nH]c4ccccc34)[C@@H]2C[C@@H]1N(C)C(=O)NC1CCCCC1. The maximum atomic E-state index is 13.5. The molecule has 0 spiro atoms. The Hall–Kier alpha value is -2.54. The summed E-state index contributed by atoms with van der Waals surface area (Å²) < 4.78 is 0. The minimum Gasteiger partial charge on any atom is -0.393 e. The quantitative estimate of drug-likeness (QED) is 0.687.